The predicted octanol–water partition coefficient (Wildman–Crippen LogP) is 1.71. The Bertz CT molecular complexity index is 2440. The molecule has 4 rings (SSSR count). The molecule has 0 aromatic heterocycles. The standard InChI is InChI=1S/C57H87N9O15/c1-12-34(7)46-55(78)66-28-18-17-22-40(66)51(74)60-45(32(3)4)54(77)63(10)41(25-27-44(70)71)57(80)81-48(35(8)13-2)52(75)59-37(30-36-20-15-14-16-21-36)53(76)65-29-19-23-39(65)49(72)58-31-42(67)64(11)47(33(5)6)56(79)62(9)38(50(73)61-46)24-26-43(68)69/h14-16,20-21,32-35,37-41,45-48H,12-13,17-19,22-31H2,1-11H3,(H,58,72)(H,59,75)(H,60,74)(H,61,73)(H,68,69)(H,70,71)/t34-,35?,37-,38-,39-,40?,41-,45-,46-,47-,48?/m0/s1. The lowest BCUT2D eigenvalue weighted by Gasteiger charge is -2.40. The molecule has 0 saturated carbocycles. The summed E-state index contributed by atoms with van der Waals surface area (Å²) in [5, 5.41) is 30.6. The molecule has 0 radical (unpaired) electrons. The number of rotatable bonds is 14. The van der Waals surface area contributed by atoms with Gasteiger partial charge in [-0.05, 0) is 74.7 Å². The fraction of sp³-hybridized carbons (Fsp3) is 0.684. The Morgan fingerprint density at radius 1 is 0.593 bits per heavy atom. The molecule has 0 bridgehead atoms. The van der Waals surface area contributed by atoms with Gasteiger partial charge in [-0.3, -0.25) is 52.7 Å². The van der Waals surface area contributed by atoms with E-state index in [4.69, 9.17) is 4.74 Å². The molecular weight excluding hydrogens is 1050 g/mol. The number of hydrogen-bond donors (Lipinski definition) is 6. The second-order valence-corrected chi connectivity index (χ2v) is 22.5. The fourth-order valence-electron chi connectivity index (χ4n) is 10.7. The van der Waals surface area contributed by atoms with Gasteiger partial charge in [0.15, 0.2) is 6.10 Å². The zero-order chi connectivity index (χ0) is 60.6. The molecule has 3 unspecified atom stereocenters. The Morgan fingerprint density at radius 3 is 1.72 bits per heavy atom. The first-order valence-corrected chi connectivity index (χ1v) is 28.4. The number of carbonyl (C=O) groups is 12. The molecule has 24 heteroatoms. The molecule has 3 saturated heterocycles. The minimum Gasteiger partial charge on any atom is -0.481 e. The molecule has 9 amide bonds. The first-order chi connectivity index (χ1) is 38.2. The van der Waals surface area contributed by atoms with Crippen molar-refractivity contribution >= 4 is 71.1 Å². The number of cyclic esters (lactones) is 1. The lowest BCUT2D eigenvalue weighted by atomic mass is 9.93. The average Bonchev–Trinajstić information content (AvgIpc) is 3.96. The van der Waals surface area contributed by atoms with Crippen molar-refractivity contribution in [1.82, 2.24) is 45.8 Å². The Kier molecular flexibility index (Phi) is 25.1. The molecule has 3 aliphatic rings. The van der Waals surface area contributed by atoms with Crippen molar-refractivity contribution in [2.75, 3.05) is 40.8 Å². The van der Waals surface area contributed by atoms with E-state index in [2.05, 4.69) is 21.3 Å². The van der Waals surface area contributed by atoms with Crippen LogP contribution in [0.5, 0.6) is 0 Å². The van der Waals surface area contributed by atoms with E-state index >= 15 is 0 Å². The second-order valence-electron chi connectivity index (χ2n) is 22.5. The molecule has 81 heavy (non-hydrogen) atoms. The quantitative estimate of drug-likeness (QED) is 0.145. The Labute approximate surface area is 475 Å². The fourth-order valence-corrected chi connectivity index (χ4v) is 10.7. The summed E-state index contributed by atoms with van der Waals surface area (Å²) in [4.78, 5) is 175. The van der Waals surface area contributed by atoms with Crippen LogP contribution in [0.1, 0.15) is 132 Å². The maximum Gasteiger partial charge on any atom is 0.329 e. The molecule has 24 nitrogen and oxygen atoms in total. The Hall–Kier alpha value is -7.14. The smallest absolute Gasteiger partial charge is 0.329 e. The molecule has 3 aliphatic heterocycles. The number of carbonyl (C=O) groups excluding carboxylic acids is 10. The van der Waals surface area contributed by atoms with Crippen molar-refractivity contribution in [2.24, 2.45) is 23.7 Å². The largest absolute Gasteiger partial charge is 0.481 e. The maximum absolute atomic E-state index is 14.9. The molecule has 0 spiro atoms. The third kappa shape index (κ3) is 17.4. The summed E-state index contributed by atoms with van der Waals surface area (Å²) in [5.74, 6) is -12.9. The Balaban J connectivity index is 1.87. The summed E-state index contributed by atoms with van der Waals surface area (Å²) in [6.45, 7) is 13.0. The first-order valence-electron chi connectivity index (χ1n) is 28.4. The average molecular weight is 1140 g/mol. The highest BCUT2D eigenvalue weighted by Crippen LogP contribution is 2.26. The van der Waals surface area contributed by atoms with Crippen molar-refractivity contribution in [2.45, 2.75) is 187 Å². The molecule has 1 aromatic rings. The van der Waals surface area contributed by atoms with E-state index in [9.17, 15) is 67.7 Å². The van der Waals surface area contributed by atoms with E-state index in [1.807, 2.05) is 0 Å². The SMILES string of the molecule is CCC(C)C1OC(=O)[C@H](CCC(=O)O)N(C)C(=O)[C@H](C(C)C)NC(=O)C2CCCCN2C(=O)[C@H]([C@@H](C)CC)NC(=O)[C@H](CCC(=O)O)N(C)C(=O)[C@H](C(C)C)N(C)C(=O)CNC(=O)[C@@H]2CCCN2C(=O)[C@H](Cc2ccccc2)NC1=O. The summed E-state index contributed by atoms with van der Waals surface area (Å²) in [6, 6.07) is -1.87. The highest BCUT2D eigenvalue weighted by atomic mass is 16.6. The zero-order valence-electron chi connectivity index (χ0n) is 48.9. The number of nitrogens with zero attached hydrogens (tertiary/aromatic N) is 5. The van der Waals surface area contributed by atoms with Crippen LogP contribution in [0.2, 0.25) is 0 Å². The summed E-state index contributed by atoms with van der Waals surface area (Å²) >= 11 is 0. The van der Waals surface area contributed by atoms with Gasteiger partial charge in [0, 0.05) is 59.4 Å². The molecule has 1 aromatic carbocycles. The lowest BCUT2D eigenvalue weighted by Crippen LogP contribution is -2.63. The number of piperidine rings is 1. The first kappa shape index (κ1) is 66.4. The normalized spacial score (nSPS) is 27.0. The summed E-state index contributed by atoms with van der Waals surface area (Å²) < 4.78 is 5.97. The van der Waals surface area contributed by atoms with Crippen molar-refractivity contribution < 1.29 is 72.5 Å². The van der Waals surface area contributed by atoms with Crippen LogP contribution < -0.4 is 21.3 Å². The molecule has 0 aliphatic carbocycles. The lowest BCUT2D eigenvalue weighted by molar-refractivity contribution is -0.167. The predicted molar refractivity (Wildman–Crippen MR) is 295 cm³/mol. The van der Waals surface area contributed by atoms with Crippen LogP contribution in [0.25, 0.3) is 0 Å². The number of benzene rings is 1. The topological polar surface area (TPSA) is 319 Å². The van der Waals surface area contributed by atoms with E-state index in [0.717, 1.165) is 14.7 Å². The number of fused-ring (bicyclic) bond motifs is 2. The van der Waals surface area contributed by atoms with E-state index in [-0.39, 0.29) is 38.8 Å². The summed E-state index contributed by atoms with van der Waals surface area (Å²) in [6.07, 6.45) is -1.36. The zero-order valence-corrected chi connectivity index (χ0v) is 48.9. The third-order valence-corrected chi connectivity index (χ3v) is 16.1. The van der Waals surface area contributed by atoms with Crippen molar-refractivity contribution in [3.8, 4) is 0 Å². The van der Waals surface area contributed by atoms with E-state index < -0.39 is 181 Å². The van der Waals surface area contributed by atoms with Crippen LogP contribution in [0.3, 0.4) is 0 Å². The van der Waals surface area contributed by atoms with Gasteiger partial charge in [-0.15, -0.1) is 0 Å². The minimum atomic E-state index is -1.61. The van der Waals surface area contributed by atoms with E-state index in [1.165, 1.54) is 30.9 Å². The molecular formula is C57H87N9O15. The van der Waals surface area contributed by atoms with Gasteiger partial charge < -0.3 is 60.7 Å². The van der Waals surface area contributed by atoms with E-state index in [1.54, 1.807) is 85.7 Å². The Morgan fingerprint density at radius 2 is 1.14 bits per heavy atom. The number of ether oxygens (including phenoxy) is 1. The number of carboxylic acids is 2. The van der Waals surface area contributed by atoms with Crippen LogP contribution in [0.4, 0.5) is 0 Å². The van der Waals surface area contributed by atoms with Gasteiger partial charge in [-0.25, -0.2) is 4.79 Å². The number of hydrogen-bond acceptors (Lipinski definition) is 13. The van der Waals surface area contributed by atoms with Crippen LogP contribution in [-0.2, 0) is 68.7 Å². The number of carboxylic acid groups (broad SMARTS) is 2. The molecule has 3 heterocycles. The van der Waals surface area contributed by atoms with Gasteiger partial charge in [0.05, 0.1) is 6.54 Å². The van der Waals surface area contributed by atoms with E-state index in [0.29, 0.717) is 31.2 Å². The number of esters is 1. The minimum absolute atomic E-state index is 0.0649. The molecule has 11 atom stereocenters. The number of likely N-dealkylation sites (N-methyl/N-ethyl adjacent to an activating group) is 3. The number of nitrogens with one attached hydrogen (secondary N) is 4. The van der Waals surface area contributed by atoms with Gasteiger partial charge in [0.1, 0.15) is 48.3 Å². The highest BCUT2D eigenvalue weighted by molar-refractivity contribution is 5.99. The number of amides is 9. The van der Waals surface area contributed by atoms with Crippen LogP contribution >= 0.6 is 0 Å². The third-order valence-electron chi connectivity index (χ3n) is 16.1. The van der Waals surface area contributed by atoms with Gasteiger partial charge in [0.25, 0.3) is 5.91 Å². The van der Waals surface area contributed by atoms with Crippen molar-refractivity contribution in [3.05, 3.63) is 35.9 Å². The second kappa shape index (κ2) is 30.6. The van der Waals surface area contributed by atoms with Gasteiger partial charge in [-0.2, -0.15) is 0 Å². The van der Waals surface area contributed by atoms with Crippen molar-refractivity contribution in [3.63, 3.8) is 0 Å². The number of aliphatic carboxylic acids is 2. The highest BCUT2D eigenvalue weighted by Gasteiger charge is 2.45. The van der Waals surface area contributed by atoms with Crippen molar-refractivity contribution in [1.29, 1.82) is 0 Å². The van der Waals surface area contributed by atoms with Crippen LogP contribution in [-0.4, -0.2) is 201 Å². The molecule has 3 fully saturated rings. The van der Waals surface area contributed by atoms with Gasteiger partial charge in [0.2, 0.25) is 47.3 Å². The maximum atomic E-state index is 14.9. The summed E-state index contributed by atoms with van der Waals surface area (Å²) in [7, 11) is 3.89. The van der Waals surface area contributed by atoms with Crippen LogP contribution in [0.15, 0.2) is 30.3 Å². The summed E-state index contributed by atoms with van der Waals surface area (Å²) in [5.41, 5.74) is 0.631. The monoisotopic (exact) mass is 1140 g/mol. The molecule has 450 valence electrons. The van der Waals surface area contributed by atoms with Crippen LogP contribution in [0, 0.1) is 23.7 Å². The molecule has 6 N–H and O–H groups in total. The van der Waals surface area contributed by atoms with Gasteiger partial charge in [-0.1, -0.05) is 92.1 Å². The van der Waals surface area contributed by atoms with Gasteiger partial charge >= 0.3 is 17.9 Å².